The van der Waals surface area contributed by atoms with Crippen molar-refractivity contribution < 1.29 is 19.5 Å². The third-order valence-electron chi connectivity index (χ3n) is 4.56. The van der Waals surface area contributed by atoms with Crippen molar-refractivity contribution in [2.45, 2.75) is 33.2 Å². The number of amides is 2. The number of thiazole rings is 1. The van der Waals surface area contributed by atoms with E-state index in [4.69, 9.17) is 5.11 Å². The highest BCUT2D eigenvalue weighted by Gasteiger charge is 2.39. The van der Waals surface area contributed by atoms with E-state index in [1.54, 1.807) is 38.1 Å². The molecular formula is C19H21N3O4S. The highest BCUT2D eigenvalue weighted by atomic mass is 32.1. The van der Waals surface area contributed by atoms with E-state index in [0.29, 0.717) is 27.9 Å². The Labute approximate surface area is 160 Å². The van der Waals surface area contributed by atoms with Gasteiger partial charge in [-0.2, -0.15) is 0 Å². The van der Waals surface area contributed by atoms with E-state index in [2.05, 4.69) is 15.6 Å². The lowest BCUT2D eigenvalue weighted by Crippen LogP contribution is -2.26. The van der Waals surface area contributed by atoms with Gasteiger partial charge >= 0.3 is 5.97 Å². The normalized spacial score (nSPS) is 19.2. The number of rotatable bonds is 6. The van der Waals surface area contributed by atoms with Gasteiger partial charge in [0.05, 0.1) is 11.7 Å². The maximum absolute atomic E-state index is 12.5. The molecule has 3 N–H and O–H groups in total. The van der Waals surface area contributed by atoms with Crippen LogP contribution < -0.4 is 10.6 Å². The third kappa shape index (κ3) is 4.33. The van der Waals surface area contributed by atoms with Gasteiger partial charge in [0.25, 0.3) is 5.91 Å². The van der Waals surface area contributed by atoms with Crippen LogP contribution in [0.4, 0.5) is 5.69 Å². The molecular weight excluding hydrogens is 366 g/mol. The van der Waals surface area contributed by atoms with Gasteiger partial charge in [-0.05, 0) is 44.4 Å². The van der Waals surface area contributed by atoms with E-state index in [1.807, 2.05) is 6.92 Å². The van der Waals surface area contributed by atoms with Gasteiger partial charge in [-0.25, -0.2) is 9.78 Å². The molecule has 1 aliphatic carbocycles. The second kappa shape index (κ2) is 7.48. The first kappa shape index (κ1) is 19.0. The van der Waals surface area contributed by atoms with E-state index in [1.165, 1.54) is 0 Å². The van der Waals surface area contributed by atoms with E-state index in [9.17, 15) is 14.4 Å². The van der Waals surface area contributed by atoms with Crippen molar-refractivity contribution in [3.63, 3.8) is 0 Å². The molecule has 7 nitrogen and oxygen atoms in total. The van der Waals surface area contributed by atoms with E-state index >= 15 is 0 Å². The van der Waals surface area contributed by atoms with Crippen LogP contribution in [0.2, 0.25) is 0 Å². The Kier molecular flexibility index (Phi) is 5.27. The molecule has 0 radical (unpaired) electrons. The van der Waals surface area contributed by atoms with Gasteiger partial charge in [-0.3, -0.25) is 9.59 Å². The fourth-order valence-corrected chi connectivity index (χ4v) is 3.71. The Morgan fingerprint density at radius 2 is 2.04 bits per heavy atom. The minimum atomic E-state index is -1.02. The molecule has 0 saturated heterocycles. The van der Waals surface area contributed by atoms with E-state index < -0.39 is 12.0 Å². The zero-order chi connectivity index (χ0) is 19.7. The second-order valence-electron chi connectivity index (χ2n) is 6.86. The number of carbonyl (C=O) groups is 3. The number of aromatic carboxylic acids is 1. The molecule has 2 aromatic rings. The lowest BCUT2D eigenvalue weighted by Gasteiger charge is -2.12. The van der Waals surface area contributed by atoms with Crippen molar-refractivity contribution in [2.24, 2.45) is 11.8 Å². The molecule has 1 aliphatic rings. The van der Waals surface area contributed by atoms with E-state index in [-0.39, 0.29) is 22.6 Å². The predicted molar refractivity (Wildman–Crippen MR) is 102 cm³/mol. The molecule has 1 heterocycles. The molecule has 3 rings (SSSR count). The first-order valence-electron chi connectivity index (χ1n) is 8.68. The SMILES string of the molecule is Cc1nc(C(C)NC(=O)c2cccc(NC(=O)C3CC3C)c2)sc1C(=O)O. The summed E-state index contributed by atoms with van der Waals surface area (Å²) in [5.41, 5.74) is 1.43. The predicted octanol–water partition coefficient (Wildman–Crippen LogP) is 3.24. The Morgan fingerprint density at radius 3 is 2.63 bits per heavy atom. The molecule has 142 valence electrons. The van der Waals surface area contributed by atoms with Gasteiger partial charge in [-0.15, -0.1) is 11.3 Å². The Morgan fingerprint density at radius 1 is 1.33 bits per heavy atom. The number of anilines is 1. The summed E-state index contributed by atoms with van der Waals surface area (Å²) >= 11 is 1.05. The minimum Gasteiger partial charge on any atom is -0.477 e. The monoisotopic (exact) mass is 387 g/mol. The van der Waals surface area contributed by atoms with Crippen molar-refractivity contribution in [1.82, 2.24) is 10.3 Å². The molecule has 1 aromatic heterocycles. The number of aryl methyl sites for hydroxylation is 1. The lowest BCUT2D eigenvalue weighted by molar-refractivity contribution is -0.117. The average molecular weight is 387 g/mol. The first-order chi connectivity index (χ1) is 12.8. The van der Waals surface area contributed by atoms with Crippen molar-refractivity contribution >= 4 is 34.8 Å². The molecule has 1 saturated carbocycles. The van der Waals surface area contributed by atoms with E-state index in [0.717, 1.165) is 17.8 Å². The van der Waals surface area contributed by atoms with Crippen LogP contribution in [0.15, 0.2) is 24.3 Å². The molecule has 3 unspecified atom stereocenters. The molecule has 0 spiro atoms. The van der Waals surface area contributed by atoms with Crippen LogP contribution >= 0.6 is 11.3 Å². The number of carbonyl (C=O) groups excluding carboxylic acids is 2. The highest BCUT2D eigenvalue weighted by Crippen LogP contribution is 2.38. The van der Waals surface area contributed by atoms with Crippen LogP contribution in [0.1, 0.15) is 57.0 Å². The molecule has 2 amide bonds. The standard InChI is InChI=1S/C19H21N3O4S/c1-9-7-14(9)17(24)22-13-6-4-5-12(8-13)16(23)20-11(3)18-21-10(2)15(27-18)19(25)26/h4-6,8-9,11,14H,7H2,1-3H3,(H,20,23)(H,22,24)(H,25,26). The summed E-state index contributed by atoms with van der Waals surface area (Å²) in [7, 11) is 0. The lowest BCUT2D eigenvalue weighted by atomic mass is 10.1. The molecule has 0 bridgehead atoms. The fraction of sp³-hybridized carbons (Fsp3) is 0.368. The summed E-state index contributed by atoms with van der Waals surface area (Å²) in [5, 5.41) is 15.3. The molecule has 1 aromatic carbocycles. The van der Waals surface area contributed by atoms with Gasteiger partial charge in [0.15, 0.2) is 0 Å². The Hall–Kier alpha value is -2.74. The van der Waals surface area contributed by atoms with Crippen LogP contribution in [0.3, 0.4) is 0 Å². The van der Waals surface area contributed by atoms with Gasteiger partial charge in [0, 0.05) is 17.2 Å². The Balaban J connectivity index is 1.67. The summed E-state index contributed by atoms with van der Waals surface area (Å²) in [4.78, 5) is 40.1. The summed E-state index contributed by atoms with van der Waals surface area (Å²) in [6.07, 6.45) is 0.898. The number of carboxylic acids is 1. The van der Waals surface area contributed by atoms with Gasteiger partial charge in [-0.1, -0.05) is 13.0 Å². The summed E-state index contributed by atoms with van der Waals surface area (Å²) in [6.45, 7) is 5.42. The number of nitrogens with one attached hydrogen (secondary N) is 2. The van der Waals surface area contributed by atoms with Gasteiger partial charge in [0.2, 0.25) is 5.91 Å². The minimum absolute atomic E-state index is 0.0205. The number of hydrogen-bond donors (Lipinski definition) is 3. The van der Waals surface area contributed by atoms with Crippen molar-refractivity contribution in [1.29, 1.82) is 0 Å². The molecule has 27 heavy (non-hydrogen) atoms. The number of carboxylic acid groups (broad SMARTS) is 1. The number of aromatic nitrogens is 1. The van der Waals surface area contributed by atoms with Crippen molar-refractivity contribution in [3.8, 4) is 0 Å². The van der Waals surface area contributed by atoms with Gasteiger partial charge < -0.3 is 15.7 Å². The third-order valence-corrected chi connectivity index (χ3v) is 5.89. The van der Waals surface area contributed by atoms with Crippen LogP contribution in [0.25, 0.3) is 0 Å². The summed E-state index contributed by atoms with van der Waals surface area (Å²) in [6, 6.07) is 6.31. The quantitative estimate of drug-likeness (QED) is 0.705. The maximum Gasteiger partial charge on any atom is 0.347 e. The van der Waals surface area contributed by atoms with Crippen molar-refractivity contribution in [2.75, 3.05) is 5.32 Å². The molecule has 0 aliphatic heterocycles. The summed E-state index contributed by atoms with van der Waals surface area (Å²) in [5.74, 6) is -0.895. The molecule has 3 atom stereocenters. The van der Waals surface area contributed by atoms with Crippen molar-refractivity contribution in [3.05, 3.63) is 45.4 Å². The van der Waals surface area contributed by atoms with Crippen LogP contribution in [0, 0.1) is 18.8 Å². The zero-order valence-electron chi connectivity index (χ0n) is 15.3. The first-order valence-corrected chi connectivity index (χ1v) is 9.50. The fourth-order valence-electron chi connectivity index (χ4n) is 2.80. The molecule has 8 heteroatoms. The summed E-state index contributed by atoms with van der Waals surface area (Å²) < 4.78 is 0. The number of benzene rings is 1. The number of nitrogens with zero attached hydrogens (tertiary/aromatic N) is 1. The largest absolute Gasteiger partial charge is 0.477 e. The highest BCUT2D eigenvalue weighted by molar-refractivity contribution is 7.13. The zero-order valence-corrected chi connectivity index (χ0v) is 16.1. The van der Waals surface area contributed by atoms with Crippen LogP contribution in [0.5, 0.6) is 0 Å². The topological polar surface area (TPSA) is 108 Å². The Bertz CT molecular complexity index is 908. The second-order valence-corrected chi connectivity index (χ2v) is 7.89. The smallest absolute Gasteiger partial charge is 0.347 e. The van der Waals surface area contributed by atoms with Crippen LogP contribution in [-0.4, -0.2) is 27.9 Å². The number of hydrogen-bond acceptors (Lipinski definition) is 5. The molecule has 1 fully saturated rings. The van der Waals surface area contributed by atoms with Crippen LogP contribution in [-0.2, 0) is 4.79 Å². The van der Waals surface area contributed by atoms with Gasteiger partial charge in [0.1, 0.15) is 9.88 Å². The maximum atomic E-state index is 12.5. The average Bonchev–Trinajstić information content (AvgIpc) is 3.21.